The zero-order valence-corrected chi connectivity index (χ0v) is 32.7. The van der Waals surface area contributed by atoms with Crippen molar-refractivity contribution in [3.8, 4) is 0 Å². The number of sulfonamides is 1. The molecule has 2 unspecified atom stereocenters. The molecule has 15 heteroatoms. The maximum atomic E-state index is 13.8. The number of nitrogens with zero attached hydrogens (tertiary/aromatic N) is 2. The predicted octanol–water partition coefficient (Wildman–Crippen LogP) is 2.51. The molecule has 2 aliphatic heterocycles. The number of amides is 2. The lowest BCUT2D eigenvalue weighted by atomic mass is 9.78. The van der Waals surface area contributed by atoms with Gasteiger partial charge in [0.2, 0.25) is 15.9 Å². The fourth-order valence-corrected chi connectivity index (χ4v) is 7.82. The van der Waals surface area contributed by atoms with Crippen LogP contribution in [0.1, 0.15) is 72.9 Å². The van der Waals surface area contributed by atoms with Gasteiger partial charge in [-0.2, -0.15) is 0 Å². The standard InChI is InChI=1S/C41H55FN4O9S/c1-45(56(2,53)54)25-5-6-26-9-18-31(19-10-26)46-35(32(41(46)52)20-21-33(47)28-14-16-30(42)17-15-28)29-12-7-27(8-13-29)11-22-34-36(48)37(49)38(50)39(55-34)40(51)44-24-4-3-23-43/h7-10,12-19,32-39,47-50H,3-6,11,20-25,43H2,1-2H3,(H,44,51)/t32?,33-,34?,35+,36-,37+,38-,39-/m0/s1. The molecule has 5 rings (SSSR count). The van der Waals surface area contributed by atoms with Crippen molar-refractivity contribution in [1.82, 2.24) is 9.62 Å². The van der Waals surface area contributed by atoms with Crippen LogP contribution in [0, 0.1) is 11.7 Å². The van der Waals surface area contributed by atoms with Crippen molar-refractivity contribution in [2.45, 2.75) is 94.0 Å². The van der Waals surface area contributed by atoms with Gasteiger partial charge >= 0.3 is 0 Å². The lowest BCUT2D eigenvalue weighted by Crippen LogP contribution is -2.61. The third-order valence-electron chi connectivity index (χ3n) is 10.9. The molecule has 0 spiro atoms. The number of unbranched alkanes of at least 4 members (excludes halogenated alkanes) is 1. The molecular weight excluding hydrogens is 744 g/mol. The summed E-state index contributed by atoms with van der Waals surface area (Å²) in [5.41, 5.74) is 9.55. The van der Waals surface area contributed by atoms with Crippen molar-refractivity contribution >= 4 is 27.5 Å². The summed E-state index contributed by atoms with van der Waals surface area (Å²) in [6, 6.07) is 20.6. The first kappa shape index (κ1) is 43.3. The number of ether oxygens (including phenoxy) is 1. The van der Waals surface area contributed by atoms with Crippen LogP contribution in [0.3, 0.4) is 0 Å². The number of carbonyl (C=O) groups excluding carboxylic acids is 2. The van der Waals surface area contributed by atoms with Crippen LogP contribution in [0.25, 0.3) is 0 Å². The van der Waals surface area contributed by atoms with E-state index in [1.54, 1.807) is 11.9 Å². The zero-order chi connectivity index (χ0) is 40.6. The van der Waals surface area contributed by atoms with Crippen LogP contribution in [0.15, 0.2) is 72.8 Å². The van der Waals surface area contributed by atoms with Crippen molar-refractivity contribution in [2.75, 3.05) is 37.8 Å². The molecule has 0 aromatic heterocycles. The Balaban J connectivity index is 1.27. The maximum absolute atomic E-state index is 13.8. The molecule has 0 saturated carbocycles. The molecular formula is C41H55FN4O9S. The molecule has 2 heterocycles. The summed E-state index contributed by atoms with van der Waals surface area (Å²) in [7, 11) is -1.71. The van der Waals surface area contributed by atoms with Gasteiger partial charge in [0.15, 0.2) is 6.10 Å². The number of aryl methyl sites for hydroxylation is 2. The van der Waals surface area contributed by atoms with Crippen LogP contribution in [-0.2, 0) is 37.2 Å². The summed E-state index contributed by atoms with van der Waals surface area (Å²) >= 11 is 0. The molecule has 0 bridgehead atoms. The van der Waals surface area contributed by atoms with Gasteiger partial charge in [-0.3, -0.25) is 9.59 Å². The van der Waals surface area contributed by atoms with Gasteiger partial charge in [0.1, 0.15) is 24.1 Å². The molecule has 7 N–H and O–H groups in total. The Morgan fingerprint density at radius 2 is 1.55 bits per heavy atom. The number of hydrogen-bond acceptors (Lipinski definition) is 10. The van der Waals surface area contributed by atoms with E-state index in [9.17, 15) is 42.8 Å². The van der Waals surface area contributed by atoms with Gasteiger partial charge in [0.05, 0.1) is 30.4 Å². The van der Waals surface area contributed by atoms with Gasteiger partial charge < -0.3 is 41.1 Å². The van der Waals surface area contributed by atoms with E-state index in [0.29, 0.717) is 69.4 Å². The molecule has 0 aliphatic carbocycles. The highest BCUT2D eigenvalue weighted by Gasteiger charge is 2.49. The monoisotopic (exact) mass is 798 g/mol. The van der Waals surface area contributed by atoms with Crippen molar-refractivity contribution in [1.29, 1.82) is 0 Å². The lowest BCUT2D eigenvalue weighted by molar-refractivity contribution is -0.221. The van der Waals surface area contributed by atoms with Gasteiger partial charge in [-0.05, 0) is 104 Å². The normalized spacial score (nSPS) is 24.6. The average Bonchev–Trinajstić information content (AvgIpc) is 3.18. The van der Waals surface area contributed by atoms with E-state index in [1.165, 1.54) is 34.8 Å². The Morgan fingerprint density at radius 1 is 0.911 bits per heavy atom. The highest BCUT2D eigenvalue weighted by Crippen LogP contribution is 2.46. The number of aliphatic hydroxyl groups excluding tert-OH is 4. The quantitative estimate of drug-likeness (QED) is 0.0773. The largest absolute Gasteiger partial charge is 0.388 e. The number of β-lactam (4-membered cyclic amide) rings is 1. The molecule has 3 aromatic rings. The average molecular weight is 799 g/mol. The van der Waals surface area contributed by atoms with Crippen LogP contribution in [0.4, 0.5) is 10.1 Å². The Morgan fingerprint density at radius 3 is 2.20 bits per heavy atom. The minimum absolute atomic E-state index is 0.0879. The highest BCUT2D eigenvalue weighted by atomic mass is 32.2. The first-order chi connectivity index (χ1) is 26.7. The Kier molecular flexibility index (Phi) is 15.1. The second kappa shape index (κ2) is 19.6. The molecule has 56 heavy (non-hydrogen) atoms. The minimum atomic E-state index is -3.26. The van der Waals surface area contributed by atoms with Crippen LogP contribution in [-0.4, -0.2) is 108 Å². The van der Waals surface area contributed by atoms with E-state index in [-0.39, 0.29) is 18.4 Å². The minimum Gasteiger partial charge on any atom is -0.388 e. The SMILES string of the molecule is CN(CCCc1ccc(N2C(=O)C(CC[C@H](O)c3ccc(F)cc3)[C@H]2c2ccc(CCC3O[C@H](C(=O)NCCCCN)[C@@H](O)[C@H](O)[C@H]3O)cc2)cc1)S(C)(=O)=O. The van der Waals surface area contributed by atoms with E-state index >= 15 is 0 Å². The number of halogens is 1. The number of carbonyl (C=O) groups is 2. The molecule has 2 aliphatic rings. The van der Waals surface area contributed by atoms with Crippen molar-refractivity contribution in [3.63, 3.8) is 0 Å². The summed E-state index contributed by atoms with van der Waals surface area (Å²) in [4.78, 5) is 28.3. The van der Waals surface area contributed by atoms with Gasteiger partial charge in [-0.1, -0.05) is 48.5 Å². The maximum Gasteiger partial charge on any atom is 0.251 e. The topological polar surface area (TPSA) is 203 Å². The number of nitrogens with one attached hydrogen (secondary N) is 1. The molecule has 8 atom stereocenters. The van der Waals surface area contributed by atoms with E-state index in [2.05, 4.69) is 5.32 Å². The fourth-order valence-electron chi connectivity index (χ4n) is 7.36. The van der Waals surface area contributed by atoms with E-state index in [4.69, 9.17) is 10.5 Å². The van der Waals surface area contributed by atoms with Crippen LogP contribution in [0.2, 0.25) is 0 Å². The number of rotatable bonds is 19. The molecule has 2 saturated heterocycles. The zero-order valence-electron chi connectivity index (χ0n) is 31.9. The molecule has 0 radical (unpaired) electrons. The Hall–Kier alpha value is -3.80. The van der Waals surface area contributed by atoms with Crippen LogP contribution >= 0.6 is 0 Å². The molecule has 3 aromatic carbocycles. The van der Waals surface area contributed by atoms with Crippen molar-refractivity contribution < 1.29 is 47.6 Å². The third kappa shape index (κ3) is 10.8. The van der Waals surface area contributed by atoms with E-state index < -0.39 is 64.3 Å². The second-order valence-corrected chi connectivity index (χ2v) is 17.0. The lowest BCUT2D eigenvalue weighted by Gasteiger charge is -2.48. The number of anilines is 1. The first-order valence-corrected chi connectivity index (χ1v) is 21.1. The van der Waals surface area contributed by atoms with Crippen LogP contribution in [0.5, 0.6) is 0 Å². The summed E-state index contributed by atoms with van der Waals surface area (Å²) in [6.07, 6.45) is -2.45. The van der Waals surface area contributed by atoms with Crippen molar-refractivity contribution in [3.05, 3.63) is 101 Å². The molecule has 13 nitrogen and oxygen atoms in total. The van der Waals surface area contributed by atoms with Crippen molar-refractivity contribution in [2.24, 2.45) is 11.7 Å². The fraction of sp³-hybridized carbons (Fsp3) is 0.512. The third-order valence-corrected chi connectivity index (χ3v) is 12.2. The summed E-state index contributed by atoms with van der Waals surface area (Å²) < 4.78 is 44.1. The molecule has 306 valence electrons. The second-order valence-electron chi connectivity index (χ2n) is 14.9. The van der Waals surface area contributed by atoms with E-state index in [0.717, 1.165) is 23.1 Å². The predicted molar refractivity (Wildman–Crippen MR) is 209 cm³/mol. The molecule has 2 amide bonds. The Labute approximate surface area is 328 Å². The number of benzene rings is 3. The van der Waals surface area contributed by atoms with Gasteiger partial charge in [-0.25, -0.2) is 17.1 Å². The summed E-state index contributed by atoms with van der Waals surface area (Å²) in [5.74, 6) is -1.49. The van der Waals surface area contributed by atoms with Gasteiger partial charge in [0, 0.05) is 25.8 Å². The Bertz CT molecular complexity index is 1850. The van der Waals surface area contributed by atoms with Gasteiger partial charge in [0.25, 0.3) is 5.91 Å². The smallest absolute Gasteiger partial charge is 0.251 e. The molecule has 2 fully saturated rings. The summed E-state index contributed by atoms with van der Waals surface area (Å²) in [6.45, 7) is 1.22. The highest BCUT2D eigenvalue weighted by molar-refractivity contribution is 7.88. The summed E-state index contributed by atoms with van der Waals surface area (Å²) in [5, 5.41) is 45.3. The first-order valence-electron chi connectivity index (χ1n) is 19.2. The van der Waals surface area contributed by atoms with Gasteiger partial charge in [-0.15, -0.1) is 0 Å². The van der Waals surface area contributed by atoms with E-state index in [1.807, 2.05) is 48.5 Å². The number of nitrogens with two attached hydrogens (primary N) is 1. The van der Waals surface area contributed by atoms with Crippen LogP contribution < -0.4 is 16.0 Å². The number of hydrogen-bond donors (Lipinski definition) is 6. The number of aliphatic hydroxyl groups is 4.